The first-order valence-corrected chi connectivity index (χ1v) is 52.3. The Labute approximate surface area is 824 Å². The second kappa shape index (κ2) is 61.3. The van der Waals surface area contributed by atoms with Gasteiger partial charge in [-0.2, -0.15) is 0 Å². The lowest BCUT2D eigenvalue weighted by atomic mass is 9.81. The zero-order chi connectivity index (χ0) is 100. The Morgan fingerprint density at radius 2 is 0.754 bits per heavy atom. The zero-order valence-corrected chi connectivity index (χ0v) is 86.1. The quantitative estimate of drug-likeness (QED) is 0.0304. The second-order valence-electron chi connectivity index (χ2n) is 35.1. The van der Waals surface area contributed by atoms with Crippen molar-refractivity contribution in [1.29, 1.82) is 0 Å². The number of carbonyl (C=O) groups excluding carboxylic acids is 10. The van der Waals surface area contributed by atoms with Gasteiger partial charge in [-0.3, -0.25) is 47.9 Å². The number of aromatic amines is 1. The predicted octanol–water partition coefficient (Wildman–Crippen LogP) is 30.4. The molecule has 8 aliphatic rings. The van der Waals surface area contributed by atoms with Crippen LogP contribution in [-0.4, -0.2) is 87.7 Å². The smallest absolute Gasteiger partial charge is 0.228 e. The highest BCUT2D eigenvalue weighted by Gasteiger charge is 2.37. The van der Waals surface area contributed by atoms with E-state index in [4.69, 9.17) is 4.52 Å². The monoisotopic (exact) mass is 1870 g/mol. The Morgan fingerprint density at radius 3 is 1.22 bits per heavy atom. The molecule has 4 aliphatic heterocycles. The van der Waals surface area contributed by atoms with Gasteiger partial charge in [0.2, 0.25) is 5.91 Å². The number of benzene rings is 9. The third-order valence-corrected chi connectivity index (χ3v) is 25.7. The van der Waals surface area contributed by atoms with E-state index in [0.717, 1.165) is 219 Å². The summed E-state index contributed by atoms with van der Waals surface area (Å²) in [4.78, 5) is 120. The maximum atomic E-state index is 12.1. The Bertz CT molecular complexity index is 5710. The highest BCUT2D eigenvalue weighted by atomic mass is 16.5. The normalized spacial score (nSPS) is 15.6. The molecule has 5 N–H and O–H groups in total. The van der Waals surface area contributed by atoms with Crippen LogP contribution in [0, 0.1) is 23.7 Å². The van der Waals surface area contributed by atoms with Crippen molar-refractivity contribution in [3.05, 3.63) is 289 Å². The lowest BCUT2D eigenvalue weighted by Gasteiger charge is -2.21. The van der Waals surface area contributed by atoms with E-state index in [1.54, 1.807) is 24.3 Å². The Kier molecular flexibility index (Phi) is 50.1. The van der Waals surface area contributed by atoms with Crippen LogP contribution < -0.4 is 21.3 Å². The summed E-state index contributed by atoms with van der Waals surface area (Å²) < 4.78 is 5.26. The zero-order valence-electron chi connectivity index (χ0n) is 86.1. The molecule has 0 radical (unpaired) electrons. The maximum Gasteiger partial charge on any atom is 0.228 e. The minimum Gasteiger partial charge on any atom is -0.385 e. The molecule has 1 amide bonds. The van der Waals surface area contributed by atoms with Crippen molar-refractivity contribution < 1.29 is 52.5 Å². The fraction of sp³-hybridized carbons (Fsp3) is 0.446. The summed E-state index contributed by atoms with van der Waals surface area (Å²) in [6.45, 7) is 37.5. The number of Topliss-reactive ketones (excluding diaryl/α,β-unsaturated/α-hetero) is 9. The molecule has 4 aliphatic carbocycles. The standard InChI is InChI=1S/C15H21NO.C14H19NO.C13H17NO.C13H16O.C12H12N2O2.C12H13NO.C12H14O.C11H10O2.C11H12O.4C2H6/c1-2-6-15(17)13-9-8-12-7-4-3-5-10-16-14(12)11-13;1-2-5-14(16)12-8-7-11-6-3-4-9-15-13(11)10-12;1-2-4-13(15)11-7-6-10-5-3-8-14-12(10)9-11;1-2-10-7-5-8-11-6-3-4-9-12(11)13(10)14;1-2-3-9-8-4-7-5-12(15)13-10(7)6-11(8)16-14-9;1-2-3-12(14)10-5-4-9-6-7-13-11(9)8-10;1-2-9-7-8-10-5-3-4-6-11(10)12(9)13;1-2-7-10(12)8-5-3-4-6-9(8)11(7)13;1-2-8-7-9-5-3-4-6-10(9)11(8)12;4*1-2/h8-9,11,16H,2-7,10H2,1H3;7-8,10,15H,2-6,9H2,1H3;6-7,9,14H,2-5,8H2,1H3;3-4,6,9-10H,2,5,7-8H2,1H3;4,6H,2-3,5H2,1H3,(H,13,15);4-8,13H,2-3H2,1H3;3-6,9H,2,7-8H2,1H3;3-7H,2H2,1H3;3-6,8H,2,7H2,1H3;4*1-2H3. The number of aryl methyl sites for hydroxylation is 6. The van der Waals surface area contributed by atoms with Crippen molar-refractivity contribution in [2.45, 2.75) is 310 Å². The molecule has 738 valence electrons. The lowest BCUT2D eigenvalue weighted by Crippen LogP contribution is -2.21. The summed E-state index contributed by atoms with van der Waals surface area (Å²) in [7, 11) is 0. The predicted molar refractivity (Wildman–Crippen MR) is 572 cm³/mol. The molecule has 0 saturated carbocycles. The Hall–Kier alpha value is -12.1. The number of rotatable bonds is 18. The largest absolute Gasteiger partial charge is 0.385 e. The number of fused-ring (bicyclic) bond motifs is 10. The number of hydrogen-bond acceptors (Lipinski definition) is 15. The molecule has 9 aromatic carbocycles. The van der Waals surface area contributed by atoms with Gasteiger partial charge < -0.3 is 30.8 Å². The first kappa shape index (κ1) is 113. The van der Waals surface area contributed by atoms with Crippen molar-refractivity contribution >= 4 is 103 Å². The van der Waals surface area contributed by atoms with Crippen LogP contribution in [0.2, 0.25) is 0 Å². The molecule has 3 atom stereocenters. The van der Waals surface area contributed by atoms with E-state index >= 15 is 0 Å². The van der Waals surface area contributed by atoms with E-state index in [1.807, 2.05) is 224 Å². The van der Waals surface area contributed by atoms with Crippen LogP contribution in [0.4, 0.5) is 22.7 Å². The third kappa shape index (κ3) is 32.2. The van der Waals surface area contributed by atoms with Gasteiger partial charge in [-0.25, -0.2) is 0 Å². The van der Waals surface area contributed by atoms with Gasteiger partial charge >= 0.3 is 0 Å². The minimum absolute atomic E-state index is 0.0110. The van der Waals surface area contributed by atoms with Crippen LogP contribution in [0.1, 0.15) is 397 Å². The highest BCUT2D eigenvalue weighted by molar-refractivity contribution is 6.26. The van der Waals surface area contributed by atoms with Gasteiger partial charge in [0.25, 0.3) is 0 Å². The van der Waals surface area contributed by atoms with Gasteiger partial charge in [0, 0.05) is 159 Å². The molecule has 2 aromatic heterocycles. The first-order chi connectivity index (χ1) is 67.2. The molecule has 3 unspecified atom stereocenters. The molecule has 0 bridgehead atoms. The number of carbonyl (C=O) groups is 10. The topological polar surface area (TPSA) is 261 Å². The fourth-order valence-corrected chi connectivity index (χ4v) is 18.2. The van der Waals surface area contributed by atoms with E-state index in [2.05, 4.69) is 95.5 Å². The summed E-state index contributed by atoms with van der Waals surface area (Å²) >= 11 is 0. The van der Waals surface area contributed by atoms with E-state index in [9.17, 15) is 47.9 Å². The van der Waals surface area contributed by atoms with Crippen molar-refractivity contribution in [3.63, 3.8) is 0 Å². The van der Waals surface area contributed by atoms with E-state index < -0.39 is 5.92 Å². The van der Waals surface area contributed by atoms with Crippen LogP contribution >= 0.6 is 0 Å². The average molecular weight is 1870 g/mol. The lowest BCUT2D eigenvalue weighted by molar-refractivity contribution is -0.115. The maximum absolute atomic E-state index is 12.1. The van der Waals surface area contributed by atoms with Crippen LogP contribution in [-0.2, 0) is 56.2 Å². The Morgan fingerprint density at radius 1 is 0.348 bits per heavy atom. The number of ketones is 9. The summed E-state index contributed by atoms with van der Waals surface area (Å²) in [5, 5.41) is 19.3. The van der Waals surface area contributed by atoms with Gasteiger partial charge in [-0.05, 0) is 228 Å². The van der Waals surface area contributed by atoms with Gasteiger partial charge in [-0.1, -0.05) is 281 Å². The molecular formula is C121H158N6O11. The molecule has 17 nitrogen and oxygen atoms in total. The fourth-order valence-electron chi connectivity index (χ4n) is 18.2. The van der Waals surface area contributed by atoms with Gasteiger partial charge in [0.1, 0.15) is 0 Å². The molecular weight excluding hydrogens is 1710 g/mol. The summed E-state index contributed by atoms with van der Waals surface area (Å²) in [5.74, 6) is 2.46. The minimum atomic E-state index is -0.419. The third-order valence-electron chi connectivity index (χ3n) is 25.7. The summed E-state index contributed by atoms with van der Waals surface area (Å²) in [6, 6.07) is 61.0. The molecule has 6 heterocycles. The summed E-state index contributed by atoms with van der Waals surface area (Å²) in [6.07, 6.45) is 31.2. The SMILES string of the molecule is CC.CC.CC.CC.CCC1C(=O)c2ccccc2C1=O.CCC1CCCc2ccccc2C1=O.CCC1CCc2ccccc2C1=O.CCC1Cc2ccccc2C1=O.CCCC(=O)c1ccc2c(c1)NCCC2.CCCC(=O)c1ccc2c(c1)NCCCC2.CCCC(=O)c1ccc2c(c1)NCCCCC2.CCCC(=O)c1ccc2cc[nH]c2c1.CCCc1noc2cc3c(cc12)CC(=O)N3. The number of anilines is 4. The number of amides is 1. The number of hydrogen-bond donors (Lipinski definition) is 5. The van der Waals surface area contributed by atoms with Crippen molar-refractivity contribution in [2.24, 2.45) is 23.7 Å². The summed E-state index contributed by atoms with van der Waals surface area (Å²) in [5.41, 5.74) is 23.4. The van der Waals surface area contributed by atoms with Gasteiger partial charge in [0.15, 0.2) is 57.6 Å². The number of nitrogens with zero attached hydrogens (tertiary/aromatic N) is 1. The molecule has 0 spiro atoms. The van der Waals surface area contributed by atoms with Crippen LogP contribution in [0.5, 0.6) is 0 Å². The van der Waals surface area contributed by atoms with E-state index in [-0.39, 0.29) is 58.4 Å². The number of nitrogens with one attached hydrogen (secondary N) is 5. The number of H-pyrrole nitrogens is 1. The van der Waals surface area contributed by atoms with E-state index in [1.165, 1.54) is 83.3 Å². The van der Waals surface area contributed by atoms with Gasteiger partial charge in [-0.15, -0.1) is 0 Å². The van der Waals surface area contributed by atoms with Crippen LogP contribution in [0.3, 0.4) is 0 Å². The second-order valence-corrected chi connectivity index (χ2v) is 35.1. The molecule has 138 heavy (non-hydrogen) atoms. The van der Waals surface area contributed by atoms with E-state index in [0.29, 0.717) is 67.0 Å². The van der Waals surface area contributed by atoms with Crippen molar-refractivity contribution in [2.75, 3.05) is 40.9 Å². The highest BCUT2D eigenvalue weighted by Crippen LogP contribution is 2.35. The molecule has 0 saturated heterocycles. The molecule has 17 heteroatoms. The molecule has 19 rings (SSSR count). The molecule has 11 aromatic rings. The Balaban J connectivity index is 0.000000210. The molecule has 0 fully saturated rings. The van der Waals surface area contributed by atoms with Crippen LogP contribution in [0.15, 0.2) is 199 Å². The number of aromatic nitrogens is 2. The first-order valence-electron chi connectivity index (χ1n) is 52.3. The van der Waals surface area contributed by atoms with Crippen molar-refractivity contribution in [1.82, 2.24) is 10.1 Å². The average Bonchev–Trinajstić information content (AvgIpc) is 1.64. The van der Waals surface area contributed by atoms with Crippen LogP contribution in [0.25, 0.3) is 21.9 Å². The van der Waals surface area contributed by atoms with Crippen molar-refractivity contribution in [3.8, 4) is 0 Å². The van der Waals surface area contributed by atoms with Gasteiger partial charge in [0.05, 0.1) is 18.0 Å².